The molecule has 2 atom stereocenters. The molecule has 0 amide bonds. The topological polar surface area (TPSA) is 62.1 Å². The van der Waals surface area contributed by atoms with E-state index in [4.69, 9.17) is 0 Å². The van der Waals surface area contributed by atoms with Crippen LogP contribution < -0.4 is 10.6 Å². The molecule has 1 aliphatic heterocycles. The summed E-state index contributed by atoms with van der Waals surface area (Å²) in [4.78, 5) is 0. The molecule has 1 aliphatic rings. The lowest BCUT2D eigenvalue weighted by Gasteiger charge is -2.25. The van der Waals surface area contributed by atoms with Crippen molar-refractivity contribution in [2.24, 2.45) is 5.92 Å². The second-order valence-corrected chi connectivity index (χ2v) is 5.73. The molecule has 0 saturated heterocycles. The van der Waals surface area contributed by atoms with E-state index < -0.39 is 6.10 Å². The standard InChI is InChI=1S/C16H22N4O/c1-12-2-4-14(5-3-12)15(21)10-17-8-13-9-18-16-6-7-19-20(16)11-13/h2-7,13,15,17-18,21H,8-11H2,1H3/t13-,15-/m0/s1. The number of benzene rings is 1. The number of rotatable bonds is 5. The molecule has 0 fully saturated rings. The summed E-state index contributed by atoms with van der Waals surface area (Å²) in [5.74, 6) is 1.58. The van der Waals surface area contributed by atoms with Crippen molar-refractivity contribution in [2.45, 2.75) is 19.6 Å². The van der Waals surface area contributed by atoms with Crippen LogP contribution in [0.1, 0.15) is 17.2 Å². The molecule has 1 aromatic carbocycles. The molecule has 0 unspecified atom stereocenters. The first-order valence-corrected chi connectivity index (χ1v) is 7.43. The molecule has 2 heterocycles. The Morgan fingerprint density at radius 2 is 2.19 bits per heavy atom. The Balaban J connectivity index is 1.45. The highest BCUT2D eigenvalue weighted by Crippen LogP contribution is 2.16. The van der Waals surface area contributed by atoms with E-state index in [1.165, 1.54) is 5.56 Å². The first-order valence-electron chi connectivity index (χ1n) is 7.43. The van der Waals surface area contributed by atoms with Crippen molar-refractivity contribution in [2.75, 3.05) is 25.0 Å². The molecule has 21 heavy (non-hydrogen) atoms. The van der Waals surface area contributed by atoms with Crippen LogP contribution in [0.4, 0.5) is 5.82 Å². The number of aliphatic hydroxyl groups is 1. The molecule has 112 valence electrons. The molecule has 1 aromatic heterocycles. The molecule has 0 radical (unpaired) electrons. The van der Waals surface area contributed by atoms with Gasteiger partial charge in [0.2, 0.25) is 0 Å². The van der Waals surface area contributed by atoms with Crippen molar-refractivity contribution >= 4 is 5.82 Å². The molecule has 2 aromatic rings. The number of aromatic nitrogens is 2. The predicted molar refractivity (Wildman–Crippen MR) is 83.2 cm³/mol. The largest absolute Gasteiger partial charge is 0.387 e. The van der Waals surface area contributed by atoms with Crippen molar-refractivity contribution < 1.29 is 5.11 Å². The number of hydrogen-bond acceptors (Lipinski definition) is 4. The van der Waals surface area contributed by atoms with Crippen LogP contribution in [0, 0.1) is 12.8 Å². The number of nitrogens with one attached hydrogen (secondary N) is 2. The first-order chi connectivity index (χ1) is 10.2. The third-order valence-corrected chi connectivity index (χ3v) is 3.95. The molecule has 3 rings (SSSR count). The second-order valence-electron chi connectivity index (χ2n) is 5.73. The summed E-state index contributed by atoms with van der Waals surface area (Å²) < 4.78 is 1.99. The van der Waals surface area contributed by atoms with E-state index >= 15 is 0 Å². The highest BCUT2D eigenvalue weighted by Gasteiger charge is 2.18. The van der Waals surface area contributed by atoms with Gasteiger partial charge in [-0.1, -0.05) is 29.8 Å². The fourth-order valence-corrected chi connectivity index (χ4v) is 2.65. The van der Waals surface area contributed by atoms with E-state index in [1.807, 2.05) is 48.1 Å². The summed E-state index contributed by atoms with van der Waals surface area (Å²) in [5, 5.41) is 21.2. The first kappa shape index (κ1) is 14.1. The summed E-state index contributed by atoms with van der Waals surface area (Å²) >= 11 is 0. The number of aliphatic hydroxyl groups excluding tert-OH is 1. The lowest BCUT2D eigenvalue weighted by molar-refractivity contribution is 0.172. The third-order valence-electron chi connectivity index (χ3n) is 3.95. The second kappa shape index (κ2) is 6.28. The van der Waals surface area contributed by atoms with Crippen molar-refractivity contribution in [3.05, 3.63) is 47.7 Å². The minimum absolute atomic E-state index is 0.456. The van der Waals surface area contributed by atoms with E-state index in [-0.39, 0.29) is 0 Å². The molecule has 0 saturated carbocycles. The van der Waals surface area contributed by atoms with Gasteiger partial charge in [-0.25, -0.2) is 4.68 Å². The van der Waals surface area contributed by atoms with E-state index in [1.54, 1.807) is 0 Å². The van der Waals surface area contributed by atoms with Crippen LogP contribution >= 0.6 is 0 Å². The van der Waals surface area contributed by atoms with Crippen molar-refractivity contribution in [3.63, 3.8) is 0 Å². The molecule has 0 bridgehead atoms. The Labute approximate surface area is 125 Å². The Morgan fingerprint density at radius 1 is 1.38 bits per heavy atom. The minimum Gasteiger partial charge on any atom is -0.387 e. The van der Waals surface area contributed by atoms with E-state index in [2.05, 4.69) is 15.7 Å². The van der Waals surface area contributed by atoms with Crippen LogP contribution in [0.15, 0.2) is 36.5 Å². The number of aryl methyl sites for hydroxylation is 1. The summed E-state index contributed by atoms with van der Waals surface area (Å²) in [7, 11) is 0. The predicted octanol–water partition coefficient (Wildman–Crippen LogP) is 1.56. The van der Waals surface area contributed by atoms with E-state index in [0.29, 0.717) is 12.5 Å². The minimum atomic E-state index is -0.456. The fourth-order valence-electron chi connectivity index (χ4n) is 2.65. The zero-order valence-corrected chi connectivity index (χ0v) is 12.3. The average Bonchev–Trinajstić information content (AvgIpc) is 2.95. The maximum atomic E-state index is 10.2. The number of fused-ring (bicyclic) bond motifs is 1. The normalized spacial score (nSPS) is 18.9. The number of nitrogens with zero attached hydrogens (tertiary/aromatic N) is 2. The molecule has 0 aliphatic carbocycles. The SMILES string of the molecule is Cc1ccc([C@@H](O)CNC[C@H]2CNc3ccnn3C2)cc1. The lowest BCUT2D eigenvalue weighted by Crippen LogP contribution is -2.36. The van der Waals surface area contributed by atoms with Gasteiger partial charge in [-0.15, -0.1) is 0 Å². The van der Waals surface area contributed by atoms with Gasteiger partial charge in [0.1, 0.15) is 5.82 Å². The van der Waals surface area contributed by atoms with Gasteiger partial charge in [0.15, 0.2) is 0 Å². The van der Waals surface area contributed by atoms with Crippen molar-refractivity contribution in [3.8, 4) is 0 Å². The van der Waals surface area contributed by atoms with E-state index in [9.17, 15) is 5.11 Å². The van der Waals surface area contributed by atoms with Gasteiger partial charge in [0.05, 0.1) is 12.3 Å². The van der Waals surface area contributed by atoms with E-state index in [0.717, 1.165) is 31.0 Å². The van der Waals surface area contributed by atoms with Gasteiger partial charge < -0.3 is 15.7 Å². The van der Waals surface area contributed by atoms with Crippen LogP contribution in [-0.2, 0) is 6.54 Å². The van der Waals surface area contributed by atoms with Gasteiger partial charge in [-0.3, -0.25) is 0 Å². The highest BCUT2D eigenvalue weighted by atomic mass is 16.3. The van der Waals surface area contributed by atoms with Gasteiger partial charge in [-0.05, 0) is 12.5 Å². The summed E-state index contributed by atoms with van der Waals surface area (Å²) in [6.45, 7) is 5.36. The monoisotopic (exact) mass is 286 g/mol. The highest BCUT2D eigenvalue weighted by molar-refractivity contribution is 5.35. The van der Waals surface area contributed by atoms with Gasteiger partial charge >= 0.3 is 0 Å². The number of anilines is 1. The molecule has 5 heteroatoms. The zero-order valence-electron chi connectivity index (χ0n) is 12.3. The maximum Gasteiger partial charge on any atom is 0.124 e. The molecule has 0 spiro atoms. The lowest BCUT2D eigenvalue weighted by atomic mass is 10.1. The molecule has 3 N–H and O–H groups in total. The smallest absolute Gasteiger partial charge is 0.124 e. The van der Waals surface area contributed by atoms with Crippen LogP contribution in [0.5, 0.6) is 0 Å². The van der Waals surface area contributed by atoms with Crippen molar-refractivity contribution in [1.82, 2.24) is 15.1 Å². The third kappa shape index (κ3) is 3.43. The van der Waals surface area contributed by atoms with Gasteiger partial charge in [0.25, 0.3) is 0 Å². The molecular formula is C16H22N4O. The zero-order chi connectivity index (χ0) is 14.7. The van der Waals surface area contributed by atoms with Crippen LogP contribution in [0.25, 0.3) is 0 Å². The number of hydrogen-bond donors (Lipinski definition) is 3. The van der Waals surface area contributed by atoms with Gasteiger partial charge in [-0.2, -0.15) is 5.10 Å². The van der Waals surface area contributed by atoms with Crippen molar-refractivity contribution in [1.29, 1.82) is 0 Å². The molecular weight excluding hydrogens is 264 g/mol. The van der Waals surface area contributed by atoms with Gasteiger partial charge in [0, 0.05) is 38.2 Å². The van der Waals surface area contributed by atoms with Crippen LogP contribution in [0.3, 0.4) is 0 Å². The maximum absolute atomic E-state index is 10.2. The fraction of sp³-hybridized carbons (Fsp3) is 0.438. The Kier molecular flexibility index (Phi) is 4.22. The summed E-state index contributed by atoms with van der Waals surface area (Å²) in [6.07, 6.45) is 1.36. The van der Waals surface area contributed by atoms with Crippen LogP contribution in [-0.4, -0.2) is 34.5 Å². The Hall–Kier alpha value is -1.85. The average molecular weight is 286 g/mol. The quantitative estimate of drug-likeness (QED) is 0.780. The summed E-state index contributed by atoms with van der Waals surface area (Å²) in [5.41, 5.74) is 2.17. The molecule has 5 nitrogen and oxygen atoms in total. The Bertz CT molecular complexity index is 578. The van der Waals surface area contributed by atoms with Crippen LogP contribution in [0.2, 0.25) is 0 Å². The Morgan fingerprint density at radius 3 is 3.00 bits per heavy atom. The summed E-state index contributed by atoms with van der Waals surface area (Å²) in [6, 6.07) is 10.0.